The summed E-state index contributed by atoms with van der Waals surface area (Å²) in [5.74, 6) is 0.370. The molecule has 0 bridgehead atoms. The van der Waals surface area contributed by atoms with Crippen molar-refractivity contribution in [2.24, 2.45) is 0 Å². The molecular formula is C16H20N2O3S. The molecule has 2 rings (SSSR count). The van der Waals surface area contributed by atoms with Gasteiger partial charge in [-0.05, 0) is 43.5 Å². The molecule has 1 fully saturated rings. The van der Waals surface area contributed by atoms with Crippen molar-refractivity contribution in [3.8, 4) is 11.8 Å². The molecule has 0 spiro atoms. The smallest absolute Gasteiger partial charge is 0.306 e. The summed E-state index contributed by atoms with van der Waals surface area (Å²) in [6.07, 6.45) is 4.74. The Morgan fingerprint density at radius 1 is 1.45 bits per heavy atom. The van der Waals surface area contributed by atoms with E-state index in [1.807, 2.05) is 12.1 Å². The molecule has 0 saturated carbocycles. The van der Waals surface area contributed by atoms with Gasteiger partial charge in [-0.25, -0.2) is 0 Å². The Kier molecular flexibility index (Phi) is 5.22. The number of hydrogen-bond acceptors (Lipinski definition) is 5. The minimum Gasteiger partial charge on any atom is -0.381 e. The summed E-state index contributed by atoms with van der Waals surface area (Å²) < 4.78 is 27.6. The molecular weight excluding hydrogens is 300 g/mol. The fourth-order valence-electron chi connectivity index (χ4n) is 2.85. The predicted octanol–water partition coefficient (Wildman–Crippen LogP) is 2.26. The molecule has 6 heteroatoms. The quantitative estimate of drug-likeness (QED) is 0.615. The maximum atomic E-state index is 11.3. The first-order chi connectivity index (χ1) is 10.4. The Hall–Kier alpha value is -1.84. The van der Waals surface area contributed by atoms with Crippen LogP contribution in [0.2, 0.25) is 0 Å². The molecule has 1 saturated heterocycles. The lowest BCUT2D eigenvalue weighted by Gasteiger charge is -2.31. The van der Waals surface area contributed by atoms with Crippen molar-refractivity contribution >= 4 is 10.1 Å². The highest BCUT2D eigenvalue weighted by Gasteiger charge is 2.24. The van der Waals surface area contributed by atoms with E-state index in [0.29, 0.717) is 5.56 Å². The van der Waals surface area contributed by atoms with E-state index >= 15 is 0 Å². The summed E-state index contributed by atoms with van der Waals surface area (Å²) in [5.41, 5.74) is 1.21. The number of nitrogens with zero attached hydrogens (tertiary/aromatic N) is 2. The number of nitriles is 1. The van der Waals surface area contributed by atoms with Gasteiger partial charge in [0.2, 0.25) is 0 Å². The van der Waals surface area contributed by atoms with Gasteiger partial charge in [-0.2, -0.15) is 13.7 Å². The van der Waals surface area contributed by atoms with Crippen LogP contribution < -0.4 is 4.18 Å². The molecule has 0 amide bonds. The van der Waals surface area contributed by atoms with E-state index in [9.17, 15) is 13.7 Å². The molecule has 1 aliphatic heterocycles. The topological polar surface area (TPSA) is 70.4 Å². The second-order valence-electron chi connectivity index (χ2n) is 5.48. The Labute approximate surface area is 131 Å². The van der Waals surface area contributed by atoms with Crippen molar-refractivity contribution in [1.82, 2.24) is 4.90 Å². The van der Waals surface area contributed by atoms with Gasteiger partial charge >= 0.3 is 10.1 Å². The molecule has 0 aliphatic carbocycles. The third-order valence-electron chi connectivity index (χ3n) is 3.83. The molecule has 118 valence electrons. The van der Waals surface area contributed by atoms with Crippen molar-refractivity contribution in [2.75, 3.05) is 25.9 Å². The van der Waals surface area contributed by atoms with E-state index in [2.05, 4.69) is 17.5 Å². The van der Waals surface area contributed by atoms with E-state index in [4.69, 9.17) is 4.18 Å². The highest BCUT2D eigenvalue weighted by atomic mass is 32.2. The van der Waals surface area contributed by atoms with Crippen molar-refractivity contribution in [2.45, 2.75) is 18.8 Å². The predicted molar refractivity (Wildman–Crippen MR) is 85.2 cm³/mol. The summed E-state index contributed by atoms with van der Waals surface area (Å²) in [5, 5.41) is 9.41. The number of rotatable bonds is 5. The second kappa shape index (κ2) is 6.95. The van der Waals surface area contributed by atoms with Gasteiger partial charge < -0.3 is 4.18 Å². The molecule has 1 aromatic rings. The van der Waals surface area contributed by atoms with Crippen LogP contribution in [0.15, 0.2) is 30.9 Å². The van der Waals surface area contributed by atoms with Gasteiger partial charge in [0.1, 0.15) is 6.07 Å². The summed E-state index contributed by atoms with van der Waals surface area (Å²) in [6, 6.07) is 7.26. The van der Waals surface area contributed by atoms with E-state index < -0.39 is 10.1 Å². The number of hydrogen-bond donors (Lipinski definition) is 0. The van der Waals surface area contributed by atoms with Crippen LogP contribution in [0.3, 0.4) is 0 Å². The zero-order chi connectivity index (χ0) is 16.2. The highest BCUT2D eigenvalue weighted by Crippen LogP contribution is 2.34. The van der Waals surface area contributed by atoms with Crippen LogP contribution in [0.25, 0.3) is 0 Å². The number of piperidine rings is 1. The van der Waals surface area contributed by atoms with Gasteiger partial charge in [0.05, 0.1) is 11.8 Å². The van der Waals surface area contributed by atoms with Gasteiger partial charge in [0.15, 0.2) is 5.75 Å². The molecule has 0 radical (unpaired) electrons. The van der Waals surface area contributed by atoms with Crippen LogP contribution in [0.1, 0.15) is 29.9 Å². The first-order valence-electron chi connectivity index (χ1n) is 7.20. The normalized spacial score (nSPS) is 16.9. The lowest BCUT2D eigenvalue weighted by molar-refractivity contribution is 0.232. The SMILES string of the molecule is C=CCN1CCC(c2cccc(OS(C)(=O)=O)c2C#N)CC1. The molecule has 22 heavy (non-hydrogen) atoms. The Morgan fingerprint density at radius 2 is 2.14 bits per heavy atom. The summed E-state index contributed by atoms with van der Waals surface area (Å²) in [7, 11) is -3.64. The monoisotopic (exact) mass is 320 g/mol. The third-order valence-corrected chi connectivity index (χ3v) is 4.31. The van der Waals surface area contributed by atoms with Crippen LogP contribution in [-0.2, 0) is 10.1 Å². The Balaban J connectivity index is 2.23. The molecule has 0 atom stereocenters. The van der Waals surface area contributed by atoms with Crippen molar-refractivity contribution in [3.63, 3.8) is 0 Å². The molecule has 1 aromatic carbocycles. The Bertz CT molecular complexity index is 684. The van der Waals surface area contributed by atoms with Gasteiger partial charge in [0.25, 0.3) is 0 Å². The fraction of sp³-hybridized carbons (Fsp3) is 0.438. The minimum absolute atomic E-state index is 0.121. The molecule has 5 nitrogen and oxygen atoms in total. The first kappa shape index (κ1) is 16.5. The molecule has 0 N–H and O–H groups in total. The van der Waals surface area contributed by atoms with E-state index in [1.54, 1.807) is 6.07 Å². The van der Waals surface area contributed by atoms with Crippen LogP contribution in [-0.4, -0.2) is 39.2 Å². The number of likely N-dealkylation sites (tertiary alicyclic amines) is 1. The van der Waals surface area contributed by atoms with Crippen molar-refractivity contribution in [3.05, 3.63) is 42.0 Å². The average Bonchev–Trinajstić information content (AvgIpc) is 2.46. The molecule has 1 aliphatic rings. The van der Waals surface area contributed by atoms with Crippen LogP contribution in [0.5, 0.6) is 5.75 Å². The largest absolute Gasteiger partial charge is 0.381 e. The zero-order valence-corrected chi connectivity index (χ0v) is 13.5. The maximum absolute atomic E-state index is 11.3. The lowest BCUT2D eigenvalue weighted by Crippen LogP contribution is -2.33. The van der Waals surface area contributed by atoms with Gasteiger partial charge in [-0.15, -0.1) is 6.58 Å². The first-order valence-corrected chi connectivity index (χ1v) is 9.02. The molecule has 1 heterocycles. The standard InChI is InChI=1S/C16H20N2O3S/c1-3-9-18-10-7-13(8-11-18)14-5-4-6-16(15(14)12-17)21-22(2,19)20/h3-6,13H,1,7-11H2,2H3. The minimum atomic E-state index is -3.64. The van der Waals surface area contributed by atoms with E-state index in [1.165, 1.54) is 6.07 Å². The number of benzene rings is 1. The summed E-state index contributed by atoms with van der Waals surface area (Å²) >= 11 is 0. The molecule has 0 unspecified atom stereocenters. The zero-order valence-electron chi connectivity index (χ0n) is 12.7. The van der Waals surface area contributed by atoms with Crippen molar-refractivity contribution < 1.29 is 12.6 Å². The highest BCUT2D eigenvalue weighted by molar-refractivity contribution is 7.86. The van der Waals surface area contributed by atoms with Gasteiger partial charge in [-0.1, -0.05) is 18.2 Å². The lowest BCUT2D eigenvalue weighted by atomic mass is 9.86. The Morgan fingerprint density at radius 3 is 2.68 bits per heavy atom. The van der Waals surface area contributed by atoms with Crippen LogP contribution in [0.4, 0.5) is 0 Å². The fourth-order valence-corrected chi connectivity index (χ4v) is 3.31. The van der Waals surface area contributed by atoms with Crippen LogP contribution >= 0.6 is 0 Å². The maximum Gasteiger partial charge on any atom is 0.306 e. The summed E-state index contributed by atoms with van der Waals surface area (Å²) in [6.45, 7) is 6.50. The van der Waals surface area contributed by atoms with Crippen molar-refractivity contribution in [1.29, 1.82) is 5.26 Å². The summed E-state index contributed by atoms with van der Waals surface area (Å²) in [4.78, 5) is 2.31. The van der Waals surface area contributed by atoms with Crippen LogP contribution in [0, 0.1) is 11.3 Å². The van der Waals surface area contributed by atoms with E-state index in [0.717, 1.165) is 44.3 Å². The molecule has 0 aromatic heterocycles. The third kappa shape index (κ3) is 4.09. The van der Waals surface area contributed by atoms with E-state index in [-0.39, 0.29) is 11.7 Å². The van der Waals surface area contributed by atoms with Gasteiger partial charge in [0, 0.05) is 6.54 Å². The average molecular weight is 320 g/mol. The second-order valence-corrected chi connectivity index (χ2v) is 7.06. The van der Waals surface area contributed by atoms with Gasteiger partial charge in [-0.3, -0.25) is 4.90 Å².